The second-order valence-corrected chi connectivity index (χ2v) is 5.69. The van der Waals surface area contributed by atoms with E-state index in [4.69, 9.17) is 14.6 Å². The standard InChI is InChI=1S/C14H15NO6S/c1-20-8-3-4-9(10(5-8)21-2)15-12(16)6-11(14(15)19)22-7-13(17)18/h3-5,11H,6-7H2,1-2H3,(H,17,18)/t11-/m1/s1. The average Bonchev–Trinajstić information content (AvgIpc) is 2.78. The molecule has 7 nitrogen and oxygen atoms in total. The molecular weight excluding hydrogens is 310 g/mol. The lowest BCUT2D eigenvalue weighted by molar-refractivity contribution is -0.134. The van der Waals surface area contributed by atoms with Crippen molar-refractivity contribution in [3.8, 4) is 11.5 Å². The number of imide groups is 1. The highest BCUT2D eigenvalue weighted by Crippen LogP contribution is 2.37. The Morgan fingerprint density at radius 3 is 2.68 bits per heavy atom. The Labute approximate surface area is 131 Å². The van der Waals surface area contributed by atoms with Gasteiger partial charge < -0.3 is 14.6 Å². The first kappa shape index (κ1) is 16.2. The van der Waals surface area contributed by atoms with E-state index in [1.165, 1.54) is 14.2 Å². The molecule has 1 aliphatic rings. The zero-order valence-electron chi connectivity index (χ0n) is 12.1. The predicted octanol–water partition coefficient (Wildman–Crippen LogP) is 1.15. The topological polar surface area (TPSA) is 93.1 Å². The first-order valence-corrected chi connectivity index (χ1v) is 7.45. The Bertz CT molecular complexity index is 617. The van der Waals surface area contributed by atoms with E-state index in [2.05, 4.69) is 0 Å². The fourth-order valence-corrected chi connectivity index (χ4v) is 2.98. The maximum Gasteiger partial charge on any atom is 0.313 e. The van der Waals surface area contributed by atoms with Gasteiger partial charge in [0.15, 0.2) is 0 Å². The van der Waals surface area contributed by atoms with Gasteiger partial charge in [0.2, 0.25) is 11.8 Å². The normalized spacial score (nSPS) is 17.7. The molecule has 1 atom stereocenters. The van der Waals surface area contributed by atoms with Gasteiger partial charge in [0.25, 0.3) is 0 Å². The second kappa shape index (κ2) is 6.69. The molecule has 0 unspecified atom stereocenters. The Balaban J connectivity index is 2.27. The zero-order valence-corrected chi connectivity index (χ0v) is 12.9. The number of nitrogens with zero attached hydrogens (tertiary/aromatic N) is 1. The summed E-state index contributed by atoms with van der Waals surface area (Å²) in [5.41, 5.74) is 0.330. The van der Waals surface area contributed by atoms with Gasteiger partial charge >= 0.3 is 5.97 Å². The number of carbonyl (C=O) groups excluding carboxylic acids is 2. The van der Waals surface area contributed by atoms with Crippen LogP contribution in [0.2, 0.25) is 0 Å². The molecular formula is C14H15NO6S. The number of hydrogen-bond donors (Lipinski definition) is 1. The van der Waals surface area contributed by atoms with Crippen molar-refractivity contribution in [3.05, 3.63) is 18.2 Å². The highest BCUT2D eigenvalue weighted by molar-refractivity contribution is 8.01. The molecule has 2 rings (SSSR count). The number of carboxylic acids is 1. The van der Waals surface area contributed by atoms with Crippen molar-refractivity contribution in [1.29, 1.82) is 0 Å². The predicted molar refractivity (Wildman–Crippen MR) is 80.5 cm³/mol. The van der Waals surface area contributed by atoms with Gasteiger partial charge in [-0.1, -0.05) is 0 Å². The summed E-state index contributed by atoms with van der Waals surface area (Å²) in [4.78, 5) is 36.1. The molecule has 1 saturated heterocycles. The average molecular weight is 325 g/mol. The number of benzene rings is 1. The summed E-state index contributed by atoms with van der Waals surface area (Å²) in [6.45, 7) is 0. The Hall–Kier alpha value is -2.22. The SMILES string of the molecule is COc1ccc(N2C(=O)C[C@@H](SCC(=O)O)C2=O)c(OC)c1. The van der Waals surface area contributed by atoms with E-state index in [-0.39, 0.29) is 18.1 Å². The Morgan fingerprint density at radius 2 is 2.09 bits per heavy atom. The number of ether oxygens (including phenoxy) is 2. The molecule has 0 radical (unpaired) electrons. The monoisotopic (exact) mass is 325 g/mol. The third-order valence-electron chi connectivity index (χ3n) is 3.14. The van der Waals surface area contributed by atoms with Crippen molar-refractivity contribution in [2.45, 2.75) is 11.7 Å². The number of hydrogen-bond acceptors (Lipinski definition) is 6. The van der Waals surface area contributed by atoms with Crippen LogP contribution in [-0.2, 0) is 14.4 Å². The minimum Gasteiger partial charge on any atom is -0.497 e. The van der Waals surface area contributed by atoms with Crippen LogP contribution in [0.3, 0.4) is 0 Å². The van der Waals surface area contributed by atoms with E-state index in [1.807, 2.05) is 0 Å². The molecule has 2 amide bonds. The maximum atomic E-state index is 12.4. The number of anilines is 1. The lowest BCUT2D eigenvalue weighted by atomic mass is 10.2. The quantitative estimate of drug-likeness (QED) is 0.784. The highest BCUT2D eigenvalue weighted by Gasteiger charge is 2.41. The third-order valence-corrected chi connectivity index (χ3v) is 4.33. The molecule has 1 aliphatic heterocycles. The van der Waals surface area contributed by atoms with Gasteiger partial charge in [-0.2, -0.15) is 0 Å². The minimum atomic E-state index is -1.02. The van der Waals surface area contributed by atoms with Crippen molar-refractivity contribution in [3.63, 3.8) is 0 Å². The molecule has 1 aromatic carbocycles. The second-order valence-electron chi connectivity index (χ2n) is 4.50. The number of methoxy groups -OCH3 is 2. The van der Waals surface area contributed by atoms with Crippen LogP contribution < -0.4 is 14.4 Å². The molecule has 118 valence electrons. The van der Waals surface area contributed by atoms with Gasteiger partial charge in [-0.15, -0.1) is 11.8 Å². The van der Waals surface area contributed by atoms with E-state index in [0.717, 1.165) is 16.7 Å². The van der Waals surface area contributed by atoms with Crippen LogP contribution in [-0.4, -0.2) is 48.1 Å². The number of amides is 2. The molecule has 1 fully saturated rings. The number of aliphatic carboxylic acids is 1. The van der Waals surface area contributed by atoms with Crippen LogP contribution in [0, 0.1) is 0 Å². The molecule has 0 saturated carbocycles. The van der Waals surface area contributed by atoms with Gasteiger partial charge in [-0.05, 0) is 12.1 Å². The fourth-order valence-electron chi connectivity index (χ4n) is 2.13. The van der Waals surface area contributed by atoms with Gasteiger partial charge in [0.05, 0.1) is 30.9 Å². The fraction of sp³-hybridized carbons (Fsp3) is 0.357. The maximum absolute atomic E-state index is 12.4. The zero-order chi connectivity index (χ0) is 16.3. The molecule has 1 heterocycles. The summed E-state index contributed by atoms with van der Waals surface area (Å²) in [6, 6.07) is 4.77. The van der Waals surface area contributed by atoms with Gasteiger partial charge in [0, 0.05) is 12.5 Å². The van der Waals surface area contributed by atoms with E-state index < -0.39 is 17.1 Å². The van der Waals surface area contributed by atoms with Crippen molar-refractivity contribution < 1.29 is 29.0 Å². The summed E-state index contributed by atoms with van der Waals surface area (Å²) in [6.07, 6.45) is -0.0219. The lowest BCUT2D eigenvalue weighted by Gasteiger charge is -2.18. The summed E-state index contributed by atoms with van der Waals surface area (Å²) in [5, 5.41) is 8.00. The number of carbonyl (C=O) groups is 3. The van der Waals surface area contributed by atoms with E-state index >= 15 is 0 Å². The molecule has 0 aromatic heterocycles. The summed E-state index contributed by atoms with van der Waals surface area (Å²) in [7, 11) is 2.93. The van der Waals surface area contributed by atoms with Crippen LogP contribution >= 0.6 is 11.8 Å². The van der Waals surface area contributed by atoms with Crippen molar-refractivity contribution >= 4 is 35.2 Å². The highest BCUT2D eigenvalue weighted by atomic mass is 32.2. The molecule has 0 spiro atoms. The van der Waals surface area contributed by atoms with Gasteiger partial charge in [0.1, 0.15) is 11.5 Å². The molecule has 22 heavy (non-hydrogen) atoms. The smallest absolute Gasteiger partial charge is 0.313 e. The van der Waals surface area contributed by atoms with Gasteiger partial charge in [-0.25, -0.2) is 4.90 Å². The molecule has 8 heteroatoms. The summed E-state index contributed by atoms with van der Waals surface area (Å²) < 4.78 is 10.3. The molecule has 1 aromatic rings. The lowest BCUT2D eigenvalue weighted by Crippen LogP contribution is -2.31. The first-order valence-electron chi connectivity index (χ1n) is 6.40. The van der Waals surface area contributed by atoms with Crippen LogP contribution in [0.1, 0.15) is 6.42 Å². The van der Waals surface area contributed by atoms with Crippen molar-refractivity contribution in [2.24, 2.45) is 0 Å². The summed E-state index contributed by atoms with van der Waals surface area (Å²) >= 11 is 0.946. The van der Waals surface area contributed by atoms with Crippen LogP contribution in [0.4, 0.5) is 5.69 Å². The van der Waals surface area contributed by atoms with Crippen molar-refractivity contribution in [1.82, 2.24) is 0 Å². The third kappa shape index (κ3) is 3.16. The van der Waals surface area contributed by atoms with E-state index in [9.17, 15) is 14.4 Å². The van der Waals surface area contributed by atoms with Crippen LogP contribution in [0.25, 0.3) is 0 Å². The van der Waals surface area contributed by atoms with Crippen molar-refractivity contribution in [2.75, 3.05) is 24.9 Å². The summed E-state index contributed by atoms with van der Waals surface area (Å²) in [5.74, 6) is -1.18. The first-order chi connectivity index (χ1) is 10.5. The largest absolute Gasteiger partial charge is 0.497 e. The number of rotatable bonds is 6. The van der Waals surface area contributed by atoms with E-state index in [0.29, 0.717) is 17.2 Å². The van der Waals surface area contributed by atoms with Crippen LogP contribution in [0.5, 0.6) is 11.5 Å². The molecule has 0 bridgehead atoms. The van der Waals surface area contributed by atoms with E-state index in [1.54, 1.807) is 18.2 Å². The number of carboxylic acid groups (broad SMARTS) is 1. The molecule has 1 N–H and O–H groups in total. The minimum absolute atomic E-state index is 0.0219. The van der Waals surface area contributed by atoms with Crippen LogP contribution in [0.15, 0.2) is 18.2 Å². The molecule has 0 aliphatic carbocycles. The van der Waals surface area contributed by atoms with Gasteiger partial charge in [-0.3, -0.25) is 14.4 Å². The number of thioether (sulfide) groups is 1. The Morgan fingerprint density at radius 1 is 1.36 bits per heavy atom. The Kier molecular flexibility index (Phi) is 4.92.